The summed E-state index contributed by atoms with van der Waals surface area (Å²) in [6.45, 7) is 10.2. The van der Waals surface area contributed by atoms with Crippen molar-refractivity contribution in [2.24, 2.45) is 5.92 Å². The Hall–Kier alpha value is -0.420. The van der Waals surface area contributed by atoms with Gasteiger partial charge in [0, 0.05) is 17.6 Å². The molecule has 114 valence electrons. The monoisotopic (exact) mass is 343 g/mol. The fourth-order valence-electron chi connectivity index (χ4n) is 1.79. The highest BCUT2D eigenvalue weighted by atomic mass is 79.9. The highest BCUT2D eigenvalue weighted by Gasteiger charge is 2.11. The molecular formula is C16H26BrNO2. The normalized spacial score (nSPS) is 12.8. The zero-order chi connectivity index (χ0) is 14.8. The average molecular weight is 344 g/mol. The summed E-state index contributed by atoms with van der Waals surface area (Å²) < 4.78 is 12.6. The van der Waals surface area contributed by atoms with Crippen LogP contribution in [0.25, 0.3) is 0 Å². The van der Waals surface area contributed by atoms with E-state index in [0.29, 0.717) is 19.1 Å². The number of benzene rings is 1. The van der Waals surface area contributed by atoms with Gasteiger partial charge in [-0.15, -0.1) is 0 Å². The Morgan fingerprint density at radius 3 is 2.45 bits per heavy atom. The van der Waals surface area contributed by atoms with E-state index >= 15 is 0 Å². The number of nitrogens with one attached hydrogen (secondary N) is 1. The molecule has 20 heavy (non-hydrogen) atoms. The molecule has 0 aliphatic heterocycles. The number of ether oxygens (including phenoxy) is 2. The van der Waals surface area contributed by atoms with Gasteiger partial charge in [-0.25, -0.2) is 0 Å². The van der Waals surface area contributed by atoms with E-state index in [1.54, 1.807) is 0 Å². The fraction of sp³-hybridized carbons (Fsp3) is 0.625. The smallest absolute Gasteiger partial charge is 0.0950 e. The Morgan fingerprint density at radius 1 is 1.15 bits per heavy atom. The predicted molar refractivity (Wildman–Crippen MR) is 87.0 cm³/mol. The number of hydrogen-bond donors (Lipinski definition) is 1. The van der Waals surface area contributed by atoms with Crippen molar-refractivity contribution in [3.8, 4) is 0 Å². The molecule has 4 heteroatoms. The zero-order valence-corrected chi connectivity index (χ0v) is 14.3. The first-order chi connectivity index (χ1) is 9.63. The molecule has 0 aliphatic rings. The van der Waals surface area contributed by atoms with Gasteiger partial charge in [-0.2, -0.15) is 0 Å². The lowest BCUT2D eigenvalue weighted by molar-refractivity contribution is -0.00113. The highest BCUT2D eigenvalue weighted by molar-refractivity contribution is 9.10. The zero-order valence-electron chi connectivity index (χ0n) is 12.7. The summed E-state index contributed by atoms with van der Waals surface area (Å²) >= 11 is 3.46. The fourth-order valence-corrected chi connectivity index (χ4v) is 2.06. The van der Waals surface area contributed by atoms with Crippen LogP contribution in [-0.4, -0.2) is 32.9 Å². The Morgan fingerprint density at radius 2 is 1.85 bits per heavy atom. The number of hydrogen-bond acceptors (Lipinski definition) is 3. The van der Waals surface area contributed by atoms with Gasteiger partial charge in [0.2, 0.25) is 0 Å². The van der Waals surface area contributed by atoms with E-state index in [1.165, 1.54) is 5.56 Å². The first kappa shape index (κ1) is 17.6. The van der Waals surface area contributed by atoms with Gasteiger partial charge in [-0.1, -0.05) is 48.8 Å². The predicted octanol–water partition coefficient (Wildman–Crippen LogP) is 3.79. The largest absolute Gasteiger partial charge is 0.379 e. The van der Waals surface area contributed by atoms with Gasteiger partial charge in [0.15, 0.2) is 0 Å². The molecule has 0 fully saturated rings. The number of rotatable bonds is 10. The summed E-state index contributed by atoms with van der Waals surface area (Å²) in [5, 5.41) is 3.34. The van der Waals surface area contributed by atoms with E-state index in [2.05, 4.69) is 54.2 Å². The molecule has 1 N–H and O–H groups in total. The molecule has 1 rings (SSSR count). The third kappa shape index (κ3) is 7.39. The summed E-state index contributed by atoms with van der Waals surface area (Å²) in [4.78, 5) is 0. The minimum atomic E-state index is 0.0747. The van der Waals surface area contributed by atoms with Gasteiger partial charge in [0.25, 0.3) is 0 Å². The van der Waals surface area contributed by atoms with Crippen LogP contribution in [0.2, 0.25) is 0 Å². The molecule has 0 amide bonds. The van der Waals surface area contributed by atoms with Gasteiger partial charge >= 0.3 is 0 Å². The second kappa shape index (κ2) is 10.3. The maximum Gasteiger partial charge on any atom is 0.0950 e. The van der Waals surface area contributed by atoms with Crippen LogP contribution < -0.4 is 5.32 Å². The second-order valence-corrected chi connectivity index (χ2v) is 6.10. The molecule has 1 unspecified atom stereocenters. The number of halogens is 1. The lowest BCUT2D eigenvalue weighted by atomic mass is 10.1. The molecule has 0 heterocycles. The van der Waals surface area contributed by atoms with Crippen LogP contribution >= 0.6 is 15.9 Å². The summed E-state index contributed by atoms with van der Waals surface area (Å²) in [7, 11) is 0. The first-order valence-corrected chi connectivity index (χ1v) is 8.08. The van der Waals surface area contributed by atoms with E-state index in [4.69, 9.17) is 9.47 Å². The van der Waals surface area contributed by atoms with Crippen LogP contribution in [0.5, 0.6) is 0 Å². The maximum absolute atomic E-state index is 5.95. The molecule has 0 radical (unpaired) electrons. The third-order valence-electron chi connectivity index (χ3n) is 2.82. The van der Waals surface area contributed by atoms with Gasteiger partial charge in [-0.05, 0) is 30.2 Å². The van der Waals surface area contributed by atoms with Crippen molar-refractivity contribution in [1.29, 1.82) is 0 Å². The van der Waals surface area contributed by atoms with Crippen LogP contribution in [0.4, 0.5) is 0 Å². The molecule has 0 saturated carbocycles. The van der Waals surface area contributed by atoms with Crippen molar-refractivity contribution >= 4 is 15.9 Å². The molecule has 1 atom stereocenters. The SMILES string of the molecule is CCNCC(OCCOCC(C)C)c1ccc(Br)cc1. The van der Waals surface area contributed by atoms with Crippen molar-refractivity contribution < 1.29 is 9.47 Å². The molecule has 0 bridgehead atoms. The van der Waals surface area contributed by atoms with E-state index in [9.17, 15) is 0 Å². The molecule has 1 aromatic carbocycles. The van der Waals surface area contributed by atoms with Crippen LogP contribution in [-0.2, 0) is 9.47 Å². The molecule has 3 nitrogen and oxygen atoms in total. The standard InChI is InChI=1S/C16H26BrNO2/c1-4-18-11-16(14-5-7-15(17)8-6-14)20-10-9-19-12-13(2)3/h5-8,13,16,18H,4,9-12H2,1-3H3. The Kier molecular flexibility index (Phi) is 9.10. The quantitative estimate of drug-likeness (QED) is 0.655. The van der Waals surface area contributed by atoms with Gasteiger partial charge in [0.1, 0.15) is 0 Å². The lowest BCUT2D eigenvalue weighted by Gasteiger charge is -2.19. The van der Waals surface area contributed by atoms with Crippen molar-refractivity contribution in [3.63, 3.8) is 0 Å². The van der Waals surface area contributed by atoms with Gasteiger partial charge in [0.05, 0.1) is 19.3 Å². The Balaban J connectivity index is 2.41. The highest BCUT2D eigenvalue weighted by Crippen LogP contribution is 2.19. The summed E-state index contributed by atoms with van der Waals surface area (Å²) in [5.41, 5.74) is 1.19. The minimum Gasteiger partial charge on any atom is -0.379 e. The molecule has 0 spiro atoms. The third-order valence-corrected chi connectivity index (χ3v) is 3.35. The van der Waals surface area contributed by atoms with Crippen molar-refractivity contribution in [2.45, 2.75) is 26.9 Å². The maximum atomic E-state index is 5.95. The van der Waals surface area contributed by atoms with Crippen LogP contribution in [0.15, 0.2) is 28.7 Å². The van der Waals surface area contributed by atoms with Gasteiger partial charge < -0.3 is 14.8 Å². The molecule has 0 saturated heterocycles. The van der Waals surface area contributed by atoms with Gasteiger partial charge in [-0.3, -0.25) is 0 Å². The van der Waals surface area contributed by atoms with E-state index < -0.39 is 0 Å². The summed E-state index contributed by atoms with van der Waals surface area (Å²) in [5.74, 6) is 0.569. The Labute approximate surface area is 131 Å². The summed E-state index contributed by atoms with van der Waals surface area (Å²) in [6, 6.07) is 8.29. The molecule has 0 aliphatic carbocycles. The van der Waals surface area contributed by atoms with E-state index in [1.807, 2.05) is 12.1 Å². The minimum absolute atomic E-state index is 0.0747. The van der Waals surface area contributed by atoms with Crippen molar-refractivity contribution in [3.05, 3.63) is 34.3 Å². The average Bonchev–Trinajstić information content (AvgIpc) is 2.42. The number of likely N-dealkylation sites (N-methyl/N-ethyl adjacent to an activating group) is 1. The molecular weight excluding hydrogens is 318 g/mol. The Bertz CT molecular complexity index is 354. The van der Waals surface area contributed by atoms with Crippen LogP contribution in [0.1, 0.15) is 32.4 Å². The van der Waals surface area contributed by atoms with E-state index in [-0.39, 0.29) is 6.10 Å². The topological polar surface area (TPSA) is 30.5 Å². The van der Waals surface area contributed by atoms with Crippen molar-refractivity contribution in [1.82, 2.24) is 5.32 Å². The van der Waals surface area contributed by atoms with Crippen molar-refractivity contribution in [2.75, 3.05) is 32.9 Å². The first-order valence-electron chi connectivity index (χ1n) is 7.29. The second-order valence-electron chi connectivity index (χ2n) is 5.19. The lowest BCUT2D eigenvalue weighted by Crippen LogP contribution is -2.24. The summed E-state index contributed by atoms with van der Waals surface area (Å²) in [6.07, 6.45) is 0.0747. The van der Waals surface area contributed by atoms with E-state index in [0.717, 1.165) is 24.2 Å². The van der Waals surface area contributed by atoms with Crippen LogP contribution in [0.3, 0.4) is 0 Å². The molecule has 0 aromatic heterocycles. The van der Waals surface area contributed by atoms with Crippen LogP contribution in [0, 0.1) is 5.92 Å². The molecule has 1 aromatic rings.